The summed E-state index contributed by atoms with van der Waals surface area (Å²) in [6.07, 6.45) is 0.780. The second kappa shape index (κ2) is 7.29. The zero-order valence-corrected chi connectivity index (χ0v) is 15.3. The Bertz CT molecular complexity index is 1370. The van der Waals surface area contributed by atoms with Crippen molar-refractivity contribution in [2.24, 2.45) is 4.99 Å². The number of hydrogen-bond donors (Lipinski definition) is 2. The summed E-state index contributed by atoms with van der Waals surface area (Å²) in [6, 6.07) is 16.3. The Morgan fingerprint density at radius 1 is 1.07 bits per heavy atom. The van der Waals surface area contributed by atoms with E-state index >= 15 is 0 Å². The average molecular weight is 373 g/mol. The molecule has 1 heterocycles. The molecule has 0 saturated carbocycles. The van der Waals surface area contributed by atoms with Crippen molar-refractivity contribution >= 4 is 28.2 Å². The minimum absolute atomic E-state index is 0.0972. The number of fused-ring (bicyclic) bond motifs is 2. The van der Waals surface area contributed by atoms with Crippen molar-refractivity contribution in [3.05, 3.63) is 81.0 Å². The largest absolute Gasteiger partial charge is 0.515 e. The van der Waals surface area contributed by atoms with Gasteiger partial charge in [-0.15, -0.1) is 0 Å². The van der Waals surface area contributed by atoms with Gasteiger partial charge in [0, 0.05) is 28.9 Å². The van der Waals surface area contributed by atoms with Gasteiger partial charge in [0.05, 0.1) is 23.4 Å². The maximum atomic E-state index is 12.2. The summed E-state index contributed by atoms with van der Waals surface area (Å²) in [5.41, 5.74) is 2.98. The SMILES string of the molecule is CCN=c1ccc2c(-c3ccccc3CO)c3ccc(=O)c(=CO)c3oc2c1. The van der Waals surface area contributed by atoms with Gasteiger partial charge < -0.3 is 14.6 Å². The second-order valence-electron chi connectivity index (χ2n) is 6.43. The molecule has 0 spiro atoms. The lowest BCUT2D eigenvalue weighted by atomic mass is 9.93. The van der Waals surface area contributed by atoms with Gasteiger partial charge in [-0.2, -0.15) is 0 Å². The number of rotatable bonds is 3. The molecular weight excluding hydrogens is 354 g/mol. The second-order valence-corrected chi connectivity index (χ2v) is 6.43. The lowest BCUT2D eigenvalue weighted by molar-refractivity contribution is 0.282. The van der Waals surface area contributed by atoms with Gasteiger partial charge in [0.15, 0.2) is 5.43 Å². The van der Waals surface area contributed by atoms with Crippen LogP contribution in [0.5, 0.6) is 0 Å². The van der Waals surface area contributed by atoms with E-state index in [2.05, 4.69) is 4.99 Å². The molecule has 0 aliphatic carbocycles. The van der Waals surface area contributed by atoms with Crippen molar-refractivity contribution in [1.82, 2.24) is 0 Å². The van der Waals surface area contributed by atoms with Crippen LogP contribution in [0, 0.1) is 0 Å². The fourth-order valence-electron chi connectivity index (χ4n) is 3.54. The summed E-state index contributed by atoms with van der Waals surface area (Å²) in [5, 5.41) is 21.9. The van der Waals surface area contributed by atoms with E-state index in [1.54, 1.807) is 6.07 Å². The highest BCUT2D eigenvalue weighted by Gasteiger charge is 2.16. The molecule has 4 aromatic rings. The van der Waals surface area contributed by atoms with Gasteiger partial charge in [-0.25, -0.2) is 0 Å². The Labute approximate surface area is 160 Å². The quantitative estimate of drug-likeness (QED) is 0.541. The van der Waals surface area contributed by atoms with Crippen LogP contribution in [0.25, 0.3) is 39.3 Å². The minimum Gasteiger partial charge on any atom is -0.515 e. The topological polar surface area (TPSA) is 83.0 Å². The van der Waals surface area contributed by atoms with Gasteiger partial charge in [-0.3, -0.25) is 9.79 Å². The normalized spacial score (nSPS) is 12.9. The molecule has 2 N–H and O–H groups in total. The number of hydrogen-bond acceptors (Lipinski definition) is 5. The number of nitrogens with zero attached hydrogens (tertiary/aromatic N) is 1. The van der Waals surface area contributed by atoms with Crippen LogP contribution in [-0.4, -0.2) is 16.8 Å². The highest BCUT2D eigenvalue weighted by Crippen LogP contribution is 2.36. The van der Waals surface area contributed by atoms with E-state index < -0.39 is 0 Å². The third-order valence-electron chi connectivity index (χ3n) is 4.80. The molecule has 4 rings (SSSR count). The van der Waals surface area contributed by atoms with Crippen molar-refractivity contribution in [2.75, 3.05) is 6.54 Å². The summed E-state index contributed by atoms with van der Waals surface area (Å²) in [6.45, 7) is 2.47. The summed E-state index contributed by atoms with van der Waals surface area (Å²) in [5.74, 6) is 0. The van der Waals surface area contributed by atoms with Gasteiger partial charge >= 0.3 is 0 Å². The Hall–Kier alpha value is -3.44. The van der Waals surface area contributed by atoms with Gasteiger partial charge in [0.2, 0.25) is 0 Å². The molecule has 0 radical (unpaired) electrons. The van der Waals surface area contributed by atoms with Gasteiger partial charge in [-0.05, 0) is 42.3 Å². The highest BCUT2D eigenvalue weighted by atomic mass is 16.3. The van der Waals surface area contributed by atoms with E-state index in [0.29, 0.717) is 23.1 Å². The first-order valence-corrected chi connectivity index (χ1v) is 9.05. The number of aliphatic hydroxyl groups is 2. The van der Waals surface area contributed by atoms with Crippen LogP contribution >= 0.6 is 0 Å². The van der Waals surface area contributed by atoms with Crippen LogP contribution in [0.1, 0.15) is 12.5 Å². The Morgan fingerprint density at radius 3 is 2.61 bits per heavy atom. The molecule has 0 bridgehead atoms. The third-order valence-corrected chi connectivity index (χ3v) is 4.80. The summed E-state index contributed by atoms with van der Waals surface area (Å²) < 4.78 is 6.06. The molecule has 0 atom stereocenters. The monoisotopic (exact) mass is 373 g/mol. The lowest BCUT2D eigenvalue weighted by Gasteiger charge is -2.14. The molecule has 140 valence electrons. The van der Waals surface area contributed by atoms with Crippen molar-refractivity contribution in [2.45, 2.75) is 13.5 Å². The van der Waals surface area contributed by atoms with Crippen LogP contribution < -0.4 is 16.0 Å². The molecule has 0 saturated heterocycles. The third kappa shape index (κ3) is 2.86. The molecule has 0 amide bonds. The smallest absolute Gasteiger partial charge is 0.192 e. The maximum Gasteiger partial charge on any atom is 0.192 e. The first-order valence-electron chi connectivity index (χ1n) is 9.05. The molecule has 5 heteroatoms. The first-order chi connectivity index (χ1) is 13.7. The van der Waals surface area contributed by atoms with Crippen molar-refractivity contribution in [3.8, 4) is 11.1 Å². The van der Waals surface area contributed by atoms with E-state index in [9.17, 15) is 15.0 Å². The molecule has 0 aliphatic rings. The van der Waals surface area contributed by atoms with Crippen LogP contribution in [0.4, 0.5) is 0 Å². The summed E-state index contributed by atoms with van der Waals surface area (Å²) >= 11 is 0. The Balaban J connectivity index is 2.28. The number of aliphatic hydroxyl groups excluding tert-OH is 2. The van der Waals surface area contributed by atoms with Crippen molar-refractivity contribution in [3.63, 3.8) is 0 Å². The fraction of sp³-hybridized carbons (Fsp3) is 0.130. The molecular formula is C23H19NO4. The lowest BCUT2D eigenvalue weighted by Crippen LogP contribution is -2.23. The number of benzene rings is 3. The standard InChI is InChI=1S/C23H19NO4/c1-2-24-15-7-8-17-21(11-15)28-23-18(9-10-20(27)19(23)13-26)22(17)16-6-4-3-5-14(16)12-25/h3-11,13,25-26H,2,12H2,1H3. The van der Waals surface area contributed by atoms with Crippen LogP contribution in [0.2, 0.25) is 0 Å². The Kier molecular flexibility index (Phi) is 4.67. The molecule has 3 aromatic carbocycles. The first kappa shape index (κ1) is 17.9. The molecule has 0 fully saturated rings. The molecule has 5 nitrogen and oxygen atoms in total. The molecule has 0 aliphatic heterocycles. The van der Waals surface area contributed by atoms with Gasteiger partial charge in [-0.1, -0.05) is 24.3 Å². The average Bonchev–Trinajstić information content (AvgIpc) is 2.72. The zero-order valence-electron chi connectivity index (χ0n) is 15.3. The van der Waals surface area contributed by atoms with E-state index in [4.69, 9.17) is 4.42 Å². The van der Waals surface area contributed by atoms with Crippen molar-refractivity contribution < 1.29 is 14.6 Å². The van der Waals surface area contributed by atoms with E-state index in [1.165, 1.54) is 6.07 Å². The summed E-state index contributed by atoms with van der Waals surface area (Å²) in [4.78, 5) is 16.6. The predicted molar refractivity (Wildman–Crippen MR) is 110 cm³/mol. The molecule has 0 unspecified atom stereocenters. The molecule has 28 heavy (non-hydrogen) atoms. The highest BCUT2D eigenvalue weighted by molar-refractivity contribution is 6.08. The van der Waals surface area contributed by atoms with Crippen LogP contribution in [0.15, 0.2) is 68.8 Å². The van der Waals surface area contributed by atoms with Crippen LogP contribution in [-0.2, 0) is 6.61 Å². The molecule has 1 aromatic heterocycles. The van der Waals surface area contributed by atoms with E-state index in [1.807, 2.05) is 49.4 Å². The zero-order chi connectivity index (χ0) is 19.7. The van der Waals surface area contributed by atoms with Gasteiger partial charge in [0.25, 0.3) is 0 Å². The van der Waals surface area contributed by atoms with Gasteiger partial charge in [0.1, 0.15) is 11.2 Å². The minimum atomic E-state index is -0.325. The maximum absolute atomic E-state index is 12.2. The van der Waals surface area contributed by atoms with Crippen molar-refractivity contribution in [1.29, 1.82) is 0 Å². The van der Waals surface area contributed by atoms with E-state index in [0.717, 1.165) is 33.7 Å². The summed E-state index contributed by atoms with van der Waals surface area (Å²) in [7, 11) is 0. The predicted octanol–water partition coefficient (Wildman–Crippen LogP) is 3.04. The Morgan fingerprint density at radius 2 is 1.86 bits per heavy atom. The van der Waals surface area contributed by atoms with E-state index in [-0.39, 0.29) is 17.3 Å². The fourth-order valence-corrected chi connectivity index (χ4v) is 3.54. The van der Waals surface area contributed by atoms with Crippen LogP contribution in [0.3, 0.4) is 0 Å².